The second kappa shape index (κ2) is 8.85. The van der Waals surface area contributed by atoms with Crippen LogP contribution in [-0.2, 0) is 4.79 Å². The first kappa shape index (κ1) is 21.0. The molecule has 1 aliphatic rings. The number of hydrogen-bond acceptors (Lipinski definition) is 5. The van der Waals surface area contributed by atoms with Crippen LogP contribution in [-0.4, -0.2) is 46.6 Å². The number of aryl methyl sites for hydroxylation is 1. The molecule has 9 heteroatoms. The van der Waals surface area contributed by atoms with Crippen molar-refractivity contribution in [3.8, 4) is 11.4 Å². The first-order valence-corrected chi connectivity index (χ1v) is 10.4. The molecule has 2 aromatic heterocycles. The van der Waals surface area contributed by atoms with Crippen LogP contribution in [0.5, 0.6) is 5.75 Å². The van der Waals surface area contributed by atoms with Gasteiger partial charge in [0.05, 0.1) is 23.4 Å². The van der Waals surface area contributed by atoms with Crippen LogP contribution >= 0.6 is 11.6 Å². The molecule has 1 fully saturated rings. The van der Waals surface area contributed by atoms with Crippen LogP contribution < -0.4 is 10.1 Å². The van der Waals surface area contributed by atoms with Gasteiger partial charge < -0.3 is 24.0 Å². The molecule has 0 saturated carbocycles. The van der Waals surface area contributed by atoms with E-state index in [-0.39, 0.29) is 17.7 Å². The molecule has 3 heterocycles. The van der Waals surface area contributed by atoms with Crippen molar-refractivity contribution in [1.29, 1.82) is 0 Å². The minimum absolute atomic E-state index is 0.114. The summed E-state index contributed by atoms with van der Waals surface area (Å²) in [7, 11) is 1.53. The van der Waals surface area contributed by atoms with Crippen molar-refractivity contribution >= 4 is 29.2 Å². The van der Waals surface area contributed by atoms with Gasteiger partial charge in [-0.05, 0) is 38.0 Å². The smallest absolute Gasteiger partial charge is 0.257 e. The van der Waals surface area contributed by atoms with Crippen molar-refractivity contribution in [2.24, 2.45) is 5.92 Å². The summed E-state index contributed by atoms with van der Waals surface area (Å²) >= 11 is 6.46. The molecular formula is C22H23ClN4O4. The first-order chi connectivity index (χ1) is 15.0. The molecule has 8 nitrogen and oxygen atoms in total. The zero-order valence-corrected chi connectivity index (χ0v) is 18.1. The highest BCUT2D eigenvalue weighted by Crippen LogP contribution is 2.32. The number of likely N-dealkylation sites (tertiary alicyclic amines) is 1. The fraction of sp³-hybridized carbons (Fsp3) is 0.318. The lowest BCUT2D eigenvalue weighted by atomic mass is 9.95. The molecule has 1 aliphatic heterocycles. The first-order valence-electron chi connectivity index (χ1n) is 10.0. The Labute approximate surface area is 184 Å². The van der Waals surface area contributed by atoms with Gasteiger partial charge in [0.1, 0.15) is 11.5 Å². The second-order valence-corrected chi connectivity index (χ2v) is 7.88. The maximum absolute atomic E-state index is 13.2. The van der Waals surface area contributed by atoms with Crippen LogP contribution in [0, 0.1) is 12.8 Å². The van der Waals surface area contributed by atoms with Gasteiger partial charge in [-0.2, -0.15) is 0 Å². The van der Waals surface area contributed by atoms with E-state index >= 15 is 0 Å². The minimum atomic E-state index is -0.192. The van der Waals surface area contributed by atoms with Gasteiger partial charge in [0.15, 0.2) is 5.82 Å². The highest BCUT2D eigenvalue weighted by atomic mass is 35.5. The topological polar surface area (TPSA) is 89.6 Å². The summed E-state index contributed by atoms with van der Waals surface area (Å²) in [5.41, 5.74) is 1.14. The highest BCUT2D eigenvalue weighted by molar-refractivity contribution is 6.33. The van der Waals surface area contributed by atoms with E-state index in [0.717, 1.165) is 5.69 Å². The lowest BCUT2D eigenvalue weighted by Crippen LogP contribution is -2.41. The molecule has 0 spiro atoms. The molecule has 0 bridgehead atoms. The molecule has 0 aliphatic carbocycles. The van der Waals surface area contributed by atoms with Gasteiger partial charge >= 0.3 is 0 Å². The van der Waals surface area contributed by atoms with E-state index in [2.05, 4.69) is 10.5 Å². The van der Waals surface area contributed by atoms with Crippen LogP contribution in [0.2, 0.25) is 5.02 Å². The van der Waals surface area contributed by atoms with Crippen molar-refractivity contribution < 1.29 is 18.8 Å². The predicted octanol–water partition coefficient (Wildman–Crippen LogP) is 3.93. The molecule has 1 saturated heterocycles. The Morgan fingerprint density at radius 2 is 1.90 bits per heavy atom. The summed E-state index contributed by atoms with van der Waals surface area (Å²) in [6, 6.07) is 8.86. The van der Waals surface area contributed by atoms with E-state index in [1.807, 2.05) is 29.1 Å². The number of methoxy groups -OCH3 is 1. The van der Waals surface area contributed by atoms with E-state index < -0.39 is 0 Å². The maximum atomic E-state index is 13.2. The zero-order chi connectivity index (χ0) is 22.0. The number of nitrogens with zero attached hydrogens (tertiary/aromatic N) is 3. The van der Waals surface area contributed by atoms with Gasteiger partial charge in [-0.25, -0.2) is 0 Å². The van der Waals surface area contributed by atoms with Crippen LogP contribution in [0.3, 0.4) is 0 Å². The van der Waals surface area contributed by atoms with Gasteiger partial charge in [-0.3, -0.25) is 9.59 Å². The number of halogens is 1. The third-order valence-corrected chi connectivity index (χ3v) is 5.72. The van der Waals surface area contributed by atoms with Crippen molar-refractivity contribution in [3.05, 3.63) is 59.1 Å². The molecule has 4 rings (SSSR count). The fourth-order valence-corrected chi connectivity index (χ4v) is 4.00. The fourth-order valence-electron chi connectivity index (χ4n) is 3.74. The average Bonchev–Trinajstić information content (AvgIpc) is 3.45. The summed E-state index contributed by atoms with van der Waals surface area (Å²) in [6.45, 7) is 2.70. The van der Waals surface area contributed by atoms with Crippen LogP contribution in [0.15, 0.2) is 47.2 Å². The van der Waals surface area contributed by atoms with Crippen LogP contribution in [0.25, 0.3) is 5.69 Å². The second-order valence-electron chi connectivity index (χ2n) is 7.47. The predicted molar refractivity (Wildman–Crippen MR) is 116 cm³/mol. The lowest BCUT2D eigenvalue weighted by Gasteiger charge is -2.31. The van der Waals surface area contributed by atoms with Crippen LogP contribution in [0.4, 0.5) is 5.82 Å². The molecule has 0 atom stereocenters. The van der Waals surface area contributed by atoms with E-state index in [0.29, 0.717) is 53.8 Å². The number of carbonyl (C=O) groups is 2. The molecule has 1 N–H and O–H groups in total. The summed E-state index contributed by atoms with van der Waals surface area (Å²) in [5, 5.41) is 7.01. The zero-order valence-electron chi connectivity index (χ0n) is 17.3. The molecule has 1 aromatic carbocycles. The average molecular weight is 443 g/mol. The number of nitrogens with one attached hydrogen (secondary N) is 1. The quantitative estimate of drug-likeness (QED) is 0.646. The summed E-state index contributed by atoms with van der Waals surface area (Å²) in [4.78, 5) is 27.4. The molecular weight excluding hydrogens is 420 g/mol. The standard InChI is InChI=1S/C22H23ClN4O4/c1-14-11-20(25-31-14)24-21(28)15-5-9-27(10-6-15)22(29)16-12-17(23)18(13-19(16)30-2)26-7-3-4-8-26/h3-4,7-8,11-13,15H,5-6,9-10H2,1-2H3,(H,24,25,28). The van der Waals surface area contributed by atoms with Crippen molar-refractivity contribution in [2.45, 2.75) is 19.8 Å². The van der Waals surface area contributed by atoms with Crippen LogP contribution in [0.1, 0.15) is 29.0 Å². The van der Waals surface area contributed by atoms with E-state index in [1.54, 1.807) is 30.0 Å². The van der Waals surface area contributed by atoms with Gasteiger partial charge in [0.25, 0.3) is 5.91 Å². The SMILES string of the molecule is COc1cc(-n2cccc2)c(Cl)cc1C(=O)N1CCC(C(=O)Nc2cc(C)on2)CC1. The number of piperidine rings is 1. The normalized spacial score (nSPS) is 14.5. The number of anilines is 1. The van der Waals surface area contributed by atoms with Gasteiger partial charge in [0.2, 0.25) is 5.91 Å². The Bertz CT molecular complexity index is 1090. The van der Waals surface area contributed by atoms with Crippen molar-refractivity contribution in [2.75, 3.05) is 25.5 Å². The number of amides is 2. The molecule has 162 valence electrons. The summed E-state index contributed by atoms with van der Waals surface area (Å²) in [5.74, 6) is 1.03. The van der Waals surface area contributed by atoms with Crippen molar-refractivity contribution in [1.82, 2.24) is 14.6 Å². The lowest BCUT2D eigenvalue weighted by molar-refractivity contribution is -0.121. The maximum Gasteiger partial charge on any atom is 0.257 e. The Kier molecular flexibility index (Phi) is 5.99. The summed E-state index contributed by atoms with van der Waals surface area (Å²) in [6.07, 6.45) is 4.87. The van der Waals surface area contributed by atoms with Crippen molar-refractivity contribution in [3.63, 3.8) is 0 Å². The Balaban J connectivity index is 1.43. The van der Waals surface area contributed by atoms with Gasteiger partial charge in [0, 0.05) is 43.5 Å². The molecule has 0 radical (unpaired) electrons. The van der Waals surface area contributed by atoms with Gasteiger partial charge in [-0.15, -0.1) is 0 Å². The van der Waals surface area contributed by atoms with E-state index in [9.17, 15) is 9.59 Å². The van der Waals surface area contributed by atoms with E-state index in [1.165, 1.54) is 7.11 Å². The highest BCUT2D eigenvalue weighted by Gasteiger charge is 2.30. The monoisotopic (exact) mass is 442 g/mol. The Morgan fingerprint density at radius 3 is 2.52 bits per heavy atom. The molecule has 0 unspecified atom stereocenters. The minimum Gasteiger partial charge on any atom is -0.496 e. The number of benzene rings is 1. The summed E-state index contributed by atoms with van der Waals surface area (Å²) < 4.78 is 12.3. The number of carbonyl (C=O) groups excluding carboxylic acids is 2. The third-order valence-electron chi connectivity index (χ3n) is 5.41. The molecule has 31 heavy (non-hydrogen) atoms. The van der Waals surface area contributed by atoms with E-state index in [4.69, 9.17) is 20.9 Å². The molecule has 3 aromatic rings. The molecule has 2 amide bonds. The number of hydrogen-bond donors (Lipinski definition) is 1. The third kappa shape index (κ3) is 4.44. The number of ether oxygens (including phenoxy) is 1. The number of aromatic nitrogens is 2. The Hall–Kier alpha value is -3.26. The number of rotatable bonds is 5. The van der Waals surface area contributed by atoms with Gasteiger partial charge in [-0.1, -0.05) is 16.8 Å². The Morgan fingerprint density at radius 1 is 1.19 bits per heavy atom. The largest absolute Gasteiger partial charge is 0.496 e.